The van der Waals surface area contributed by atoms with Gasteiger partial charge in [-0.2, -0.15) is 8.78 Å². The smallest absolute Gasteiger partial charge is 0.387 e. The van der Waals surface area contributed by atoms with Gasteiger partial charge >= 0.3 is 6.61 Å². The maximum absolute atomic E-state index is 12.1. The Kier molecular flexibility index (Phi) is 6.64. The minimum atomic E-state index is -2.85. The lowest BCUT2D eigenvalue weighted by atomic mass is 10.1. The highest BCUT2D eigenvalue weighted by molar-refractivity contribution is 7.99. The molecule has 0 spiro atoms. The van der Waals surface area contributed by atoms with E-state index < -0.39 is 6.61 Å². The van der Waals surface area contributed by atoms with E-state index in [4.69, 9.17) is 8.83 Å². The first-order valence-electron chi connectivity index (χ1n) is 8.32. The highest BCUT2D eigenvalue weighted by atomic mass is 32.2. The van der Waals surface area contributed by atoms with Gasteiger partial charge in [0, 0.05) is 6.54 Å². The first kappa shape index (κ1) is 19.9. The summed E-state index contributed by atoms with van der Waals surface area (Å²) >= 11 is 1.14. The average Bonchev–Trinajstić information content (AvgIpc) is 3.29. The summed E-state index contributed by atoms with van der Waals surface area (Å²) in [5.41, 5.74) is 1.61. The number of nitrogens with one attached hydrogen (secondary N) is 1. The van der Waals surface area contributed by atoms with Crippen LogP contribution in [0, 0.1) is 6.92 Å². The van der Waals surface area contributed by atoms with E-state index in [0.29, 0.717) is 35.4 Å². The van der Waals surface area contributed by atoms with Crippen molar-refractivity contribution in [1.82, 2.24) is 15.5 Å². The van der Waals surface area contributed by atoms with Crippen LogP contribution in [0.3, 0.4) is 0 Å². The highest BCUT2D eigenvalue weighted by Crippen LogP contribution is 2.26. The van der Waals surface area contributed by atoms with E-state index in [1.54, 1.807) is 25.1 Å². The molecule has 0 fully saturated rings. The summed E-state index contributed by atoms with van der Waals surface area (Å²) < 4.78 is 39.2. The molecule has 0 bridgehead atoms. The van der Waals surface area contributed by atoms with Crippen LogP contribution in [0.5, 0.6) is 5.75 Å². The summed E-state index contributed by atoms with van der Waals surface area (Å²) in [6.45, 7) is -0.641. The van der Waals surface area contributed by atoms with E-state index >= 15 is 0 Å². The van der Waals surface area contributed by atoms with Gasteiger partial charge in [0.1, 0.15) is 11.5 Å². The molecule has 28 heavy (non-hydrogen) atoms. The normalized spacial score (nSPS) is 11.0. The number of hydrogen-bond donors (Lipinski definition) is 1. The van der Waals surface area contributed by atoms with Crippen LogP contribution in [0.4, 0.5) is 8.78 Å². The van der Waals surface area contributed by atoms with Gasteiger partial charge in [-0.15, -0.1) is 10.2 Å². The molecule has 2 aromatic heterocycles. The van der Waals surface area contributed by atoms with Crippen molar-refractivity contribution < 1.29 is 27.1 Å². The van der Waals surface area contributed by atoms with E-state index in [9.17, 15) is 13.6 Å². The van der Waals surface area contributed by atoms with Gasteiger partial charge in [-0.1, -0.05) is 23.9 Å². The molecule has 7 nitrogen and oxygen atoms in total. The molecule has 1 amide bonds. The lowest BCUT2D eigenvalue weighted by molar-refractivity contribution is -0.118. The number of benzene rings is 1. The molecular weight excluding hydrogens is 392 g/mol. The number of rotatable bonds is 9. The van der Waals surface area contributed by atoms with Gasteiger partial charge in [-0.25, -0.2) is 0 Å². The fraction of sp³-hybridized carbons (Fsp3) is 0.278. The minimum Gasteiger partial charge on any atom is -0.469 e. The Morgan fingerprint density at radius 3 is 2.71 bits per heavy atom. The number of aryl methyl sites for hydroxylation is 1. The summed E-state index contributed by atoms with van der Waals surface area (Å²) in [6.07, 6.45) is 2.10. The molecule has 0 aliphatic heterocycles. The van der Waals surface area contributed by atoms with Gasteiger partial charge in [0.05, 0.1) is 17.6 Å². The predicted molar refractivity (Wildman–Crippen MR) is 97.2 cm³/mol. The molecule has 0 atom stereocenters. The van der Waals surface area contributed by atoms with Crippen molar-refractivity contribution in [3.05, 3.63) is 47.9 Å². The molecule has 0 radical (unpaired) electrons. The Morgan fingerprint density at radius 1 is 1.25 bits per heavy atom. The number of amides is 1. The van der Waals surface area contributed by atoms with Crippen molar-refractivity contribution >= 4 is 17.7 Å². The molecular formula is C18H17F2N3O4S. The third-order valence-corrected chi connectivity index (χ3v) is 4.53. The summed E-state index contributed by atoms with van der Waals surface area (Å²) in [4.78, 5) is 11.9. The Bertz CT molecular complexity index is 912. The minimum absolute atomic E-state index is 0.101. The van der Waals surface area contributed by atoms with Crippen LogP contribution in [0.2, 0.25) is 0 Å². The number of carbonyl (C=O) groups is 1. The largest absolute Gasteiger partial charge is 0.469 e. The second kappa shape index (κ2) is 9.36. The lowest BCUT2D eigenvalue weighted by Gasteiger charge is -2.07. The van der Waals surface area contributed by atoms with Gasteiger partial charge in [-0.05, 0) is 37.1 Å². The third kappa shape index (κ3) is 5.56. The topological polar surface area (TPSA) is 90.4 Å². The van der Waals surface area contributed by atoms with Crippen LogP contribution in [-0.2, 0) is 11.2 Å². The zero-order valence-electron chi connectivity index (χ0n) is 14.9. The van der Waals surface area contributed by atoms with Crippen molar-refractivity contribution in [2.45, 2.75) is 25.2 Å². The number of ether oxygens (including phenoxy) is 1. The Morgan fingerprint density at radius 2 is 2.04 bits per heavy atom. The molecule has 0 aliphatic carbocycles. The molecule has 3 aromatic rings. The molecule has 0 saturated carbocycles. The second-order valence-corrected chi connectivity index (χ2v) is 6.60. The maximum atomic E-state index is 12.1. The molecule has 10 heteroatoms. The summed E-state index contributed by atoms with van der Waals surface area (Å²) in [6, 6.07) is 8.02. The highest BCUT2D eigenvalue weighted by Gasteiger charge is 2.14. The summed E-state index contributed by atoms with van der Waals surface area (Å²) in [7, 11) is 0. The van der Waals surface area contributed by atoms with Crippen molar-refractivity contribution in [2.24, 2.45) is 0 Å². The molecule has 2 heterocycles. The number of hydrogen-bond acceptors (Lipinski definition) is 7. The molecule has 0 unspecified atom stereocenters. The number of nitrogens with zero attached hydrogens (tertiary/aromatic N) is 2. The first-order valence-corrected chi connectivity index (χ1v) is 9.31. The number of thioether (sulfide) groups is 1. The standard InChI is InChI=1S/C18H17F2N3O4S/c1-11-14(7-9-25-11)16-22-23-18(27-16)28-10-15(24)21-8-6-12-2-4-13(5-3-12)26-17(19)20/h2-5,7,9,17H,6,8,10H2,1H3,(H,21,24). The van der Waals surface area contributed by atoms with Crippen LogP contribution in [-0.4, -0.2) is 35.0 Å². The quantitative estimate of drug-likeness (QED) is 0.539. The molecule has 3 rings (SSSR count). The van der Waals surface area contributed by atoms with E-state index in [1.165, 1.54) is 18.4 Å². The van der Waals surface area contributed by atoms with Crippen LogP contribution in [0.1, 0.15) is 11.3 Å². The van der Waals surface area contributed by atoms with Crippen LogP contribution >= 0.6 is 11.8 Å². The number of carbonyl (C=O) groups excluding carboxylic acids is 1. The zero-order chi connectivity index (χ0) is 19.9. The van der Waals surface area contributed by atoms with Crippen molar-refractivity contribution in [2.75, 3.05) is 12.3 Å². The first-order chi connectivity index (χ1) is 13.5. The third-order valence-electron chi connectivity index (χ3n) is 3.71. The fourth-order valence-electron chi connectivity index (χ4n) is 2.35. The van der Waals surface area contributed by atoms with E-state index in [0.717, 1.165) is 17.3 Å². The van der Waals surface area contributed by atoms with Crippen molar-refractivity contribution in [3.63, 3.8) is 0 Å². The molecule has 0 aliphatic rings. The SMILES string of the molecule is Cc1occc1-c1nnc(SCC(=O)NCCc2ccc(OC(F)F)cc2)o1. The van der Waals surface area contributed by atoms with Gasteiger partial charge in [0.2, 0.25) is 5.91 Å². The Labute approximate surface area is 163 Å². The number of furan rings is 1. The van der Waals surface area contributed by atoms with Gasteiger partial charge < -0.3 is 18.9 Å². The van der Waals surface area contributed by atoms with Gasteiger partial charge in [0.15, 0.2) is 0 Å². The van der Waals surface area contributed by atoms with Crippen molar-refractivity contribution in [3.8, 4) is 17.2 Å². The predicted octanol–water partition coefficient (Wildman–Crippen LogP) is 3.69. The lowest BCUT2D eigenvalue weighted by Crippen LogP contribution is -2.27. The summed E-state index contributed by atoms with van der Waals surface area (Å²) in [5.74, 6) is 1.07. The molecule has 1 aromatic carbocycles. The zero-order valence-corrected chi connectivity index (χ0v) is 15.7. The number of halogens is 2. The monoisotopic (exact) mass is 409 g/mol. The van der Waals surface area contributed by atoms with Crippen molar-refractivity contribution in [1.29, 1.82) is 0 Å². The van der Waals surface area contributed by atoms with E-state index in [2.05, 4.69) is 20.3 Å². The average molecular weight is 409 g/mol. The van der Waals surface area contributed by atoms with Crippen LogP contribution < -0.4 is 10.1 Å². The van der Waals surface area contributed by atoms with Crippen LogP contribution in [0.25, 0.3) is 11.5 Å². The van der Waals surface area contributed by atoms with Gasteiger partial charge in [0.25, 0.3) is 11.1 Å². The van der Waals surface area contributed by atoms with Crippen LogP contribution in [0.15, 0.2) is 50.7 Å². The Hall–Kier alpha value is -2.88. The second-order valence-electron chi connectivity index (χ2n) is 5.67. The van der Waals surface area contributed by atoms with E-state index in [1.807, 2.05) is 0 Å². The number of aromatic nitrogens is 2. The summed E-state index contributed by atoms with van der Waals surface area (Å²) in [5, 5.41) is 10.9. The maximum Gasteiger partial charge on any atom is 0.387 e. The Balaban J connectivity index is 1.39. The van der Waals surface area contributed by atoms with E-state index in [-0.39, 0.29) is 17.4 Å². The molecule has 148 valence electrons. The number of alkyl halides is 2. The van der Waals surface area contributed by atoms with Gasteiger partial charge in [-0.3, -0.25) is 4.79 Å². The molecule has 1 N–H and O–H groups in total. The fourth-order valence-corrected chi connectivity index (χ4v) is 2.94. The molecule has 0 saturated heterocycles.